The molecule has 0 saturated carbocycles. The molecule has 24 heavy (non-hydrogen) atoms. The molecular weight excluding hydrogens is 333 g/mol. The Bertz CT molecular complexity index is 656. The maximum atomic E-state index is 13.0. The third kappa shape index (κ3) is 4.75. The predicted octanol–water partition coefficient (Wildman–Crippen LogP) is -0.370. The molecule has 1 aliphatic rings. The Morgan fingerprint density at radius 2 is 1.88 bits per heavy atom. The van der Waals surface area contributed by atoms with Gasteiger partial charge >= 0.3 is 0 Å². The van der Waals surface area contributed by atoms with E-state index in [1.165, 1.54) is 16.4 Å². The van der Waals surface area contributed by atoms with Crippen LogP contribution in [0.25, 0.3) is 0 Å². The Kier molecular flexibility index (Phi) is 6.31. The number of nitrogens with zero attached hydrogens (tertiary/aromatic N) is 1. The third-order valence-electron chi connectivity index (χ3n) is 4.31. The van der Waals surface area contributed by atoms with Gasteiger partial charge in [-0.15, -0.1) is 0 Å². The highest BCUT2D eigenvalue weighted by molar-refractivity contribution is 7.89. The Morgan fingerprint density at radius 3 is 2.42 bits per heavy atom. The lowest BCUT2D eigenvalue weighted by molar-refractivity contribution is -0.895. The molecule has 1 aromatic rings. The second kappa shape index (κ2) is 8.04. The highest BCUT2D eigenvalue weighted by atomic mass is 32.2. The van der Waals surface area contributed by atoms with Gasteiger partial charge < -0.3 is 10.2 Å². The number of quaternary nitrogens is 1. The number of nitrogens with one attached hydrogen (secondary N) is 2. The molecule has 0 bridgehead atoms. The lowest BCUT2D eigenvalue weighted by atomic mass is 10.2. The van der Waals surface area contributed by atoms with Gasteiger partial charge in [0.15, 0.2) is 6.54 Å². The quantitative estimate of drug-likeness (QED) is 0.729. The third-order valence-corrected chi connectivity index (χ3v) is 6.22. The molecule has 1 aliphatic heterocycles. The van der Waals surface area contributed by atoms with Crippen LogP contribution < -0.4 is 10.2 Å². The van der Waals surface area contributed by atoms with Gasteiger partial charge in [-0.1, -0.05) is 6.92 Å². The number of amides is 1. The first-order valence-corrected chi connectivity index (χ1v) is 9.65. The average Bonchev–Trinajstić information content (AvgIpc) is 2.55. The van der Waals surface area contributed by atoms with Crippen molar-refractivity contribution in [3.05, 3.63) is 30.1 Å². The van der Waals surface area contributed by atoms with Crippen LogP contribution in [0.5, 0.6) is 0 Å². The van der Waals surface area contributed by atoms with Gasteiger partial charge in [0.1, 0.15) is 5.82 Å². The largest absolute Gasteiger partial charge is 0.349 e. The molecular formula is C16H25FN3O3S+. The summed E-state index contributed by atoms with van der Waals surface area (Å²) in [6.45, 7) is 6.19. The number of piperazine rings is 1. The van der Waals surface area contributed by atoms with Crippen molar-refractivity contribution in [1.29, 1.82) is 0 Å². The maximum Gasteiger partial charge on any atom is 0.275 e. The number of rotatable bonds is 6. The fourth-order valence-corrected chi connectivity index (χ4v) is 4.07. The minimum atomic E-state index is -3.60. The van der Waals surface area contributed by atoms with Gasteiger partial charge in [0.2, 0.25) is 10.0 Å². The first kappa shape index (κ1) is 18.8. The molecule has 8 heteroatoms. The van der Waals surface area contributed by atoms with Crippen molar-refractivity contribution >= 4 is 15.9 Å². The van der Waals surface area contributed by atoms with Gasteiger partial charge in [-0.2, -0.15) is 4.31 Å². The summed E-state index contributed by atoms with van der Waals surface area (Å²) in [5, 5.41) is 2.92. The van der Waals surface area contributed by atoms with E-state index in [0.717, 1.165) is 23.5 Å². The number of hydrogen-bond acceptors (Lipinski definition) is 3. The van der Waals surface area contributed by atoms with Crippen LogP contribution in [0.2, 0.25) is 0 Å². The number of carbonyl (C=O) groups excluding carboxylic acids is 1. The van der Waals surface area contributed by atoms with Crippen LogP contribution in [-0.2, 0) is 14.8 Å². The topological polar surface area (TPSA) is 70.9 Å². The van der Waals surface area contributed by atoms with Gasteiger partial charge in [0.25, 0.3) is 5.91 Å². The fraction of sp³-hybridized carbons (Fsp3) is 0.562. The van der Waals surface area contributed by atoms with Crippen LogP contribution >= 0.6 is 0 Å². The van der Waals surface area contributed by atoms with Crippen molar-refractivity contribution in [3.8, 4) is 0 Å². The zero-order chi connectivity index (χ0) is 17.7. The van der Waals surface area contributed by atoms with Crippen molar-refractivity contribution in [1.82, 2.24) is 9.62 Å². The summed E-state index contributed by atoms with van der Waals surface area (Å²) in [5.74, 6) is -0.468. The molecule has 1 fully saturated rings. The molecule has 1 amide bonds. The predicted molar refractivity (Wildman–Crippen MR) is 88.6 cm³/mol. The van der Waals surface area contributed by atoms with Gasteiger partial charge in [-0.05, 0) is 37.6 Å². The van der Waals surface area contributed by atoms with Crippen LogP contribution in [0.15, 0.2) is 29.2 Å². The van der Waals surface area contributed by atoms with E-state index < -0.39 is 15.8 Å². The lowest BCUT2D eigenvalue weighted by Crippen LogP contribution is -3.15. The summed E-state index contributed by atoms with van der Waals surface area (Å²) in [5.41, 5.74) is 0. The van der Waals surface area contributed by atoms with Gasteiger partial charge in [-0.3, -0.25) is 4.79 Å². The normalized spacial score (nSPS) is 18.3. The zero-order valence-corrected chi connectivity index (χ0v) is 14.9. The number of benzene rings is 1. The summed E-state index contributed by atoms with van der Waals surface area (Å²) in [6, 6.07) is 5.01. The summed E-state index contributed by atoms with van der Waals surface area (Å²) in [4.78, 5) is 13.1. The van der Waals surface area contributed by atoms with E-state index in [-0.39, 0.29) is 16.8 Å². The number of hydrogen-bond donors (Lipinski definition) is 2. The Hall–Kier alpha value is -1.51. The van der Waals surface area contributed by atoms with Crippen LogP contribution in [0.3, 0.4) is 0 Å². The minimum Gasteiger partial charge on any atom is -0.349 e. The zero-order valence-electron chi connectivity index (χ0n) is 14.1. The molecule has 2 rings (SSSR count). The average molecular weight is 358 g/mol. The van der Waals surface area contributed by atoms with Gasteiger partial charge in [-0.25, -0.2) is 12.8 Å². The molecule has 0 aliphatic carbocycles. The monoisotopic (exact) mass is 358 g/mol. The first-order chi connectivity index (χ1) is 11.3. The SMILES string of the molecule is CC[C@H](C)NC(=O)C[NH+]1CCN(S(=O)(=O)c2ccc(F)cc2)CC1. The summed E-state index contributed by atoms with van der Waals surface area (Å²) in [7, 11) is -3.60. The van der Waals surface area contributed by atoms with Crippen LogP contribution in [0, 0.1) is 5.82 Å². The van der Waals surface area contributed by atoms with E-state index in [2.05, 4.69) is 5.32 Å². The van der Waals surface area contributed by atoms with Crippen molar-refractivity contribution in [2.45, 2.75) is 31.2 Å². The standard InChI is InChI=1S/C16H24FN3O3S/c1-3-13(2)18-16(21)12-19-8-10-20(11-9-19)24(22,23)15-6-4-14(17)5-7-15/h4-7,13H,3,8-12H2,1-2H3,(H,18,21)/p+1/t13-/m0/s1. The molecule has 0 unspecified atom stereocenters. The summed E-state index contributed by atoms with van der Waals surface area (Å²) < 4.78 is 39.4. The van der Waals surface area contributed by atoms with Gasteiger partial charge in [0.05, 0.1) is 31.1 Å². The van der Waals surface area contributed by atoms with Gasteiger partial charge in [0, 0.05) is 6.04 Å². The molecule has 0 spiro atoms. The van der Waals surface area contributed by atoms with E-state index >= 15 is 0 Å². The van der Waals surface area contributed by atoms with E-state index in [1.807, 2.05) is 13.8 Å². The maximum absolute atomic E-state index is 13.0. The molecule has 0 aromatic heterocycles. The molecule has 1 aromatic carbocycles. The molecule has 134 valence electrons. The van der Waals surface area contributed by atoms with E-state index in [9.17, 15) is 17.6 Å². The minimum absolute atomic E-state index is 0.00538. The number of sulfonamides is 1. The molecule has 6 nitrogen and oxygen atoms in total. The second-order valence-electron chi connectivity index (χ2n) is 6.16. The Morgan fingerprint density at radius 1 is 1.29 bits per heavy atom. The van der Waals surface area contributed by atoms with Crippen LogP contribution in [0.1, 0.15) is 20.3 Å². The molecule has 2 N–H and O–H groups in total. The van der Waals surface area contributed by atoms with Crippen LogP contribution in [0.4, 0.5) is 4.39 Å². The Labute approximate surface area is 142 Å². The molecule has 1 heterocycles. The highest BCUT2D eigenvalue weighted by Crippen LogP contribution is 2.15. The number of carbonyl (C=O) groups is 1. The number of halogens is 1. The van der Waals surface area contributed by atoms with E-state index in [1.54, 1.807) is 0 Å². The van der Waals surface area contributed by atoms with Crippen molar-refractivity contribution in [2.24, 2.45) is 0 Å². The fourth-order valence-electron chi connectivity index (χ4n) is 2.63. The Balaban J connectivity index is 1.90. The van der Waals surface area contributed by atoms with Crippen molar-refractivity contribution in [2.75, 3.05) is 32.7 Å². The second-order valence-corrected chi connectivity index (χ2v) is 8.10. The highest BCUT2D eigenvalue weighted by Gasteiger charge is 2.31. The lowest BCUT2D eigenvalue weighted by Gasteiger charge is -2.31. The first-order valence-electron chi connectivity index (χ1n) is 8.21. The van der Waals surface area contributed by atoms with E-state index in [4.69, 9.17) is 0 Å². The van der Waals surface area contributed by atoms with Crippen molar-refractivity contribution < 1.29 is 22.5 Å². The van der Waals surface area contributed by atoms with Crippen molar-refractivity contribution in [3.63, 3.8) is 0 Å². The molecule has 0 radical (unpaired) electrons. The van der Waals surface area contributed by atoms with Crippen LogP contribution in [-0.4, -0.2) is 57.4 Å². The molecule has 1 atom stereocenters. The molecule has 1 saturated heterocycles. The summed E-state index contributed by atoms with van der Waals surface area (Å²) in [6.07, 6.45) is 0.880. The van der Waals surface area contributed by atoms with E-state index in [0.29, 0.717) is 32.7 Å². The smallest absolute Gasteiger partial charge is 0.275 e. The summed E-state index contributed by atoms with van der Waals surface area (Å²) >= 11 is 0.